The molecular weight excluding hydrogens is 387 g/mol. The minimum Gasteiger partial charge on any atom is -0.481 e. The summed E-state index contributed by atoms with van der Waals surface area (Å²) in [4.78, 5) is 10.4. The Labute approximate surface area is 191 Å². The van der Waals surface area contributed by atoms with Crippen molar-refractivity contribution in [3.8, 4) is 0 Å². The van der Waals surface area contributed by atoms with Gasteiger partial charge in [-0.1, -0.05) is 115 Å². The molecule has 0 heterocycles. The van der Waals surface area contributed by atoms with Gasteiger partial charge in [0.05, 0.1) is 0 Å². The van der Waals surface area contributed by atoms with Gasteiger partial charge in [-0.15, -0.1) is 0 Å². The molecule has 3 rings (SSSR count). The van der Waals surface area contributed by atoms with Crippen molar-refractivity contribution in [3.63, 3.8) is 0 Å². The predicted molar refractivity (Wildman–Crippen MR) is 129 cm³/mol. The molecule has 3 fully saturated rings. The molecule has 0 unspecified atom stereocenters. The fourth-order valence-corrected chi connectivity index (χ4v) is 5.61. The number of aliphatic carboxylic acids is 1. The Morgan fingerprint density at radius 3 is 1.35 bits per heavy atom. The van der Waals surface area contributed by atoms with Gasteiger partial charge in [0.25, 0.3) is 0 Å². The number of hydrogen-bond acceptors (Lipinski definition) is 1. The summed E-state index contributed by atoms with van der Waals surface area (Å²) in [6.45, 7) is 0. The largest absolute Gasteiger partial charge is 0.481 e. The molecule has 0 aromatic carbocycles. The Kier molecular flexibility index (Phi) is 12.8. The number of allylic oxidation sites excluding steroid dienone is 2. The molecule has 0 amide bonds. The highest BCUT2D eigenvalue weighted by atomic mass is 19.1. The normalized spacial score (nSPS) is 24.3. The lowest BCUT2D eigenvalue weighted by Crippen LogP contribution is -2.63. The SMILES string of the molecule is O=C(O)CCCCCCCCCCCCCCCCCCCCC=CC12CC(F)(C1)C2. The van der Waals surface area contributed by atoms with E-state index in [1.807, 2.05) is 0 Å². The summed E-state index contributed by atoms with van der Waals surface area (Å²) in [6.07, 6.45) is 32.3. The van der Waals surface area contributed by atoms with Crippen LogP contribution in [0.15, 0.2) is 12.2 Å². The maximum absolute atomic E-state index is 13.4. The van der Waals surface area contributed by atoms with E-state index in [1.165, 1.54) is 109 Å². The first-order valence-corrected chi connectivity index (χ1v) is 13.6. The van der Waals surface area contributed by atoms with Crippen molar-refractivity contribution in [2.24, 2.45) is 5.41 Å². The average Bonchev–Trinajstić information content (AvgIpc) is 2.69. The summed E-state index contributed by atoms with van der Waals surface area (Å²) in [7, 11) is 0. The minimum absolute atomic E-state index is 0.292. The van der Waals surface area contributed by atoms with Gasteiger partial charge >= 0.3 is 5.97 Å². The van der Waals surface area contributed by atoms with Crippen LogP contribution in [0.5, 0.6) is 0 Å². The van der Waals surface area contributed by atoms with E-state index in [0.29, 0.717) is 11.8 Å². The van der Waals surface area contributed by atoms with Crippen molar-refractivity contribution in [1.82, 2.24) is 0 Å². The zero-order valence-electron chi connectivity index (χ0n) is 20.2. The molecule has 2 bridgehead atoms. The van der Waals surface area contributed by atoms with Crippen LogP contribution in [-0.2, 0) is 4.79 Å². The molecule has 3 heteroatoms. The highest BCUT2D eigenvalue weighted by Gasteiger charge is 2.67. The molecule has 3 aliphatic carbocycles. The molecule has 0 aromatic rings. The second-order valence-electron chi connectivity index (χ2n) is 10.7. The van der Waals surface area contributed by atoms with Crippen LogP contribution in [0, 0.1) is 5.41 Å². The Balaban J connectivity index is 1.18. The van der Waals surface area contributed by atoms with Gasteiger partial charge in [0, 0.05) is 6.42 Å². The quantitative estimate of drug-likeness (QED) is 0.136. The molecule has 3 saturated carbocycles. The van der Waals surface area contributed by atoms with E-state index in [0.717, 1.165) is 32.1 Å². The third-order valence-corrected chi connectivity index (χ3v) is 7.49. The Hall–Kier alpha value is -0.860. The summed E-state index contributed by atoms with van der Waals surface area (Å²) in [6, 6.07) is 0. The van der Waals surface area contributed by atoms with Gasteiger partial charge in [0.1, 0.15) is 5.67 Å². The molecule has 3 aliphatic rings. The van der Waals surface area contributed by atoms with E-state index >= 15 is 0 Å². The molecule has 0 aliphatic heterocycles. The van der Waals surface area contributed by atoms with Gasteiger partial charge in [-0.05, 0) is 43.9 Å². The standard InChI is InChI=1S/C28H49FO2/c29-28-23-27(24-28,25-28)22-20-18-16-14-12-10-8-6-4-2-1-3-5-7-9-11-13-15-17-19-21-26(30)31/h20,22H,1-19,21,23-25H2,(H,30,31). The molecule has 2 nitrogen and oxygen atoms in total. The molecule has 0 atom stereocenters. The van der Waals surface area contributed by atoms with Crippen molar-refractivity contribution in [3.05, 3.63) is 12.2 Å². The van der Waals surface area contributed by atoms with Crippen LogP contribution in [0.4, 0.5) is 4.39 Å². The van der Waals surface area contributed by atoms with E-state index < -0.39 is 11.6 Å². The summed E-state index contributed by atoms with van der Waals surface area (Å²) in [5.74, 6) is -0.658. The molecule has 0 aromatic heterocycles. The smallest absolute Gasteiger partial charge is 0.303 e. The van der Waals surface area contributed by atoms with Gasteiger partial charge in [-0.2, -0.15) is 0 Å². The first-order valence-electron chi connectivity index (χ1n) is 13.6. The number of alkyl halides is 1. The van der Waals surface area contributed by atoms with Gasteiger partial charge < -0.3 is 5.11 Å². The Morgan fingerprint density at radius 2 is 1.00 bits per heavy atom. The first-order chi connectivity index (χ1) is 15.0. The van der Waals surface area contributed by atoms with Gasteiger partial charge in [-0.25, -0.2) is 4.39 Å². The molecule has 0 radical (unpaired) electrons. The molecule has 31 heavy (non-hydrogen) atoms. The maximum Gasteiger partial charge on any atom is 0.303 e. The van der Waals surface area contributed by atoms with E-state index in [4.69, 9.17) is 5.11 Å². The van der Waals surface area contributed by atoms with Crippen molar-refractivity contribution < 1.29 is 14.3 Å². The molecule has 0 saturated heterocycles. The van der Waals surface area contributed by atoms with Crippen LogP contribution >= 0.6 is 0 Å². The zero-order valence-corrected chi connectivity index (χ0v) is 20.2. The lowest BCUT2D eigenvalue weighted by molar-refractivity contribution is -0.182. The number of unbranched alkanes of at least 4 members (excludes halogenated alkanes) is 18. The number of carbonyl (C=O) groups is 1. The van der Waals surface area contributed by atoms with E-state index in [9.17, 15) is 9.18 Å². The third-order valence-electron chi connectivity index (χ3n) is 7.49. The second-order valence-corrected chi connectivity index (χ2v) is 10.7. The van der Waals surface area contributed by atoms with Crippen molar-refractivity contribution >= 4 is 5.97 Å². The number of hydrogen-bond donors (Lipinski definition) is 1. The van der Waals surface area contributed by atoms with E-state index in [1.54, 1.807) is 0 Å². The minimum atomic E-state index is -0.752. The lowest BCUT2D eigenvalue weighted by atomic mass is 9.42. The molecule has 180 valence electrons. The number of halogens is 1. The molecule has 1 N–H and O–H groups in total. The fourth-order valence-electron chi connectivity index (χ4n) is 5.61. The summed E-state index contributed by atoms with van der Waals surface area (Å²) in [5.41, 5.74) is -0.460. The zero-order chi connectivity index (χ0) is 22.3. The monoisotopic (exact) mass is 436 g/mol. The fraction of sp³-hybridized carbons (Fsp3) is 0.893. The second kappa shape index (κ2) is 15.1. The van der Waals surface area contributed by atoms with Gasteiger partial charge in [0.15, 0.2) is 0 Å². The summed E-state index contributed by atoms with van der Waals surface area (Å²) in [5, 5.41) is 8.60. The topological polar surface area (TPSA) is 37.3 Å². The van der Waals surface area contributed by atoms with Crippen LogP contribution in [0.3, 0.4) is 0 Å². The summed E-state index contributed by atoms with van der Waals surface area (Å²) < 4.78 is 13.4. The maximum atomic E-state index is 13.4. The predicted octanol–water partition coefficient (Wildman–Crippen LogP) is 9.32. The van der Waals surface area contributed by atoms with Crippen LogP contribution in [-0.4, -0.2) is 16.7 Å². The van der Waals surface area contributed by atoms with Crippen molar-refractivity contribution in [2.75, 3.05) is 0 Å². The number of rotatable bonds is 22. The van der Waals surface area contributed by atoms with Crippen LogP contribution in [0.25, 0.3) is 0 Å². The van der Waals surface area contributed by atoms with E-state index in [-0.39, 0.29) is 0 Å². The highest BCUT2D eigenvalue weighted by Crippen LogP contribution is 2.70. The lowest BCUT2D eigenvalue weighted by Gasteiger charge is -2.64. The Bertz CT molecular complexity index is 493. The van der Waals surface area contributed by atoms with Crippen molar-refractivity contribution in [2.45, 2.75) is 153 Å². The molecule has 0 spiro atoms. The first kappa shape index (κ1) is 26.4. The Morgan fingerprint density at radius 1 is 0.645 bits per heavy atom. The average molecular weight is 437 g/mol. The van der Waals surface area contributed by atoms with E-state index in [2.05, 4.69) is 12.2 Å². The van der Waals surface area contributed by atoms with Crippen LogP contribution in [0.1, 0.15) is 148 Å². The highest BCUT2D eigenvalue weighted by molar-refractivity contribution is 5.66. The van der Waals surface area contributed by atoms with Crippen molar-refractivity contribution in [1.29, 1.82) is 0 Å². The number of carboxylic acid groups (broad SMARTS) is 1. The number of carboxylic acids is 1. The van der Waals surface area contributed by atoms with Crippen LogP contribution in [0.2, 0.25) is 0 Å². The van der Waals surface area contributed by atoms with Gasteiger partial charge in [-0.3, -0.25) is 4.79 Å². The summed E-state index contributed by atoms with van der Waals surface area (Å²) >= 11 is 0. The molecular formula is C28H49FO2. The third kappa shape index (κ3) is 11.5. The van der Waals surface area contributed by atoms with Crippen LogP contribution < -0.4 is 0 Å². The van der Waals surface area contributed by atoms with Gasteiger partial charge in [0.2, 0.25) is 0 Å².